The average Bonchev–Trinajstić information content (AvgIpc) is 3.44. The third kappa shape index (κ3) is 10.4. The monoisotopic (exact) mass is 1050 g/mol. The van der Waals surface area contributed by atoms with E-state index in [-0.39, 0.29) is 93.6 Å². The van der Waals surface area contributed by atoms with Crippen LogP contribution in [0.5, 0.6) is 86.2 Å². The van der Waals surface area contributed by atoms with Gasteiger partial charge < -0.3 is 60.9 Å². The van der Waals surface area contributed by atoms with Crippen molar-refractivity contribution in [3.8, 4) is 86.2 Å². The molecule has 0 atom stereocenters. The molecule has 11 aromatic carbocycles. The fraction of sp³-hybridized carbons (Fsp3) is 0.0769. The second-order valence-electron chi connectivity index (χ2n) is 19.5. The summed E-state index contributed by atoms with van der Waals surface area (Å²) in [6, 6.07) is 47.8. The van der Waals surface area contributed by atoms with E-state index in [4.69, 9.17) is 14.5 Å². The highest BCUT2D eigenvalue weighted by Crippen LogP contribution is 2.47. The number of phenols is 11. The number of phenolic OH excluding ortho intramolecular Hbond substituents is 11. The maximum atomic E-state index is 11.6. The molecule has 0 aromatic heterocycles. The molecule has 0 amide bonds. The molecule has 0 aliphatic carbocycles. The molecule has 11 aromatic rings. The predicted molar refractivity (Wildman–Crippen MR) is 298 cm³/mol. The minimum Gasteiger partial charge on any atom is -0.508 e. The van der Waals surface area contributed by atoms with Crippen molar-refractivity contribution >= 4 is 32.3 Å². The first kappa shape index (κ1) is 50.6. The molecule has 14 nitrogen and oxygen atoms in total. The van der Waals surface area contributed by atoms with E-state index < -0.39 is 5.75 Å². The Hall–Kier alpha value is -10.6. The van der Waals surface area contributed by atoms with Gasteiger partial charge in [0.25, 0.3) is 0 Å². The van der Waals surface area contributed by atoms with Gasteiger partial charge >= 0.3 is 0 Å². The molecule has 0 bridgehead atoms. The Bertz CT molecular complexity index is 4120. The number of benzene rings is 11. The molecule has 0 aliphatic heterocycles. The Morgan fingerprint density at radius 3 is 1.44 bits per heavy atom. The number of hydrogen-bond donors (Lipinski definition) is 11. The normalized spacial score (nSPS) is 11.3. The summed E-state index contributed by atoms with van der Waals surface area (Å²) in [6.45, 7) is 0. The third-order valence-electron chi connectivity index (χ3n) is 14.2. The topological polar surface area (TPSA) is 250 Å². The molecule has 0 saturated carbocycles. The summed E-state index contributed by atoms with van der Waals surface area (Å²) in [7, 11) is 0. The van der Waals surface area contributed by atoms with Gasteiger partial charge in [-0.1, -0.05) is 72.8 Å². The van der Waals surface area contributed by atoms with Crippen LogP contribution in [0.15, 0.2) is 176 Å². The van der Waals surface area contributed by atoms with Gasteiger partial charge in [0.05, 0.1) is 0 Å². The summed E-state index contributed by atoms with van der Waals surface area (Å²) >= 11 is 0. The standard InChI is InChI=1S/C65H50O14/c66-44-12-1-35(2-13-44)25-42-31-40-11-24-58(62(73)50(40)34-57(42)71)77-59-30-39(9-22-55(59)69)29-51-49-21-16-46(68)33-53(49)64(75)63(74)52(51)27-37-5-17-47(18-6-37)78-79-48-19-7-38(8-20-48)28-54-60-41(10-23-56(70)65(60)76)32-43(61(54)72)26-36-3-14-45(67)15-4-36/h1-24,30-34,66-76H,25-29H2. The molecule has 0 spiro atoms. The first-order valence-corrected chi connectivity index (χ1v) is 25.0. The highest BCUT2D eigenvalue weighted by Gasteiger charge is 2.23. The van der Waals surface area contributed by atoms with E-state index in [9.17, 15) is 56.2 Å². The molecule has 11 N–H and O–H groups in total. The number of fused-ring (bicyclic) bond motifs is 3. The summed E-state index contributed by atoms with van der Waals surface area (Å²) in [5.74, 6) is -1.11. The summed E-state index contributed by atoms with van der Waals surface area (Å²) in [5.41, 5.74) is 6.49. The van der Waals surface area contributed by atoms with Crippen LogP contribution in [0, 0.1) is 0 Å². The van der Waals surface area contributed by atoms with Crippen LogP contribution in [0.1, 0.15) is 55.6 Å². The fourth-order valence-electron chi connectivity index (χ4n) is 10.0. The molecule has 79 heavy (non-hydrogen) atoms. The number of rotatable bonds is 15. The highest BCUT2D eigenvalue weighted by molar-refractivity contribution is 5.97. The Morgan fingerprint density at radius 1 is 0.278 bits per heavy atom. The number of ether oxygens (including phenoxy) is 1. The third-order valence-corrected chi connectivity index (χ3v) is 14.2. The molecule has 0 saturated heterocycles. The van der Waals surface area contributed by atoms with Crippen molar-refractivity contribution in [1.29, 1.82) is 0 Å². The number of aromatic hydroxyl groups is 11. The minimum atomic E-state index is -0.411. The van der Waals surface area contributed by atoms with E-state index in [1.807, 2.05) is 0 Å². The molecule has 0 aliphatic rings. The maximum Gasteiger partial charge on any atom is 0.178 e. The molecule has 0 heterocycles. The lowest BCUT2D eigenvalue weighted by atomic mass is 9.89. The highest BCUT2D eigenvalue weighted by atomic mass is 17.2. The Labute approximate surface area is 451 Å². The lowest BCUT2D eigenvalue weighted by Crippen LogP contribution is -2.02. The van der Waals surface area contributed by atoms with Gasteiger partial charge in [0.2, 0.25) is 0 Å². The predicted octanol–water partition coefficient (Wildman–Crippen LogP) is 13.0. The molecular formula is C65H50O14. The van der Waals surface area contributed by atoms with Crippen LogP contribution in [0.2, 0.25) is 0 Å². The van der Waals surface area contributed by atoms with Gasteiger partial charge in [-0.2, -0.15) is 0 Å². The summed E-state index contributed by atoms with van der Waals surface area (Å²) < 4.78 is 6.13. The van der Waals surface area contributed by atoms with Gasteiger partial charge in [-0.3, -0.25) is 9.78 Å². The Balaban J connectivity index is 0.800. The summed E-state index contributed by atoms with van der Waals surface area (Å²) in [4.78, 5) is 11.4. The lowest BCUT2D eigenvalue weighted by molar-refractivity contribution is -0.0999. The maximum absolute atomic E-state index is 11.6. The largest absolute Gasteiger partial charge is 0.508 e. The van der Waals surface area contributed by atoms with Crippen molar-refractivity contribution in [2.24, 2.45) is 0 Å². The van der Waals surface area contributed by atoms with Gasteiger partial charge in [-0.05, 0) is 170 Å². The molecule has 0 fully saturated rings. The van der Waals surface area contributed by atoms with Crippen LogP contribution in [-0.4, -0.2) is 56.2 Å². The van der Waals surface area contributed by atoms with Crippen LogP contribution in [0.25, 0.3) is 32.3 Å². The quantitative estimate of drug-likeness (QED) is 0.0260. The number of hydrogen-bond acceptors (Lipinski definition) is 14. The smallest absolute Gasteiger partial charge is 0.178 e. The van der Waals surface area contributed by atoms with Crippen LogP contribution in [0.3, 0.4) is 0 Å². The van der Waals surface area contributed by atoms with Crippen molar-refractivity contribution in [3.63, 3.8) is 0 Å². The van der Waals surface area contributed by atoms with E-state index >= 15 is 0 Å². The van der Waals surface area contributed by atoms with Crippen molar-refractivity contribution < 1.29 is 70.7 Å². The van der Waals surface area contributed by atoms with Crippen molar-refractivity contribution in [3.05, 3.63) is 232 Å². The molecule has 14 heteroatoms. The first-order valence-electron chi connectivity index (χ1n) is 25.0. The van der Waals surface area contributed by atoms with E-state index in [1.54, 1.807) is 146 Å². The molecule has 11 rings (SSSR count). The lowest BCUT2D eigenvalue weighted by Gasteiger charge is -2.18. The molecule has 0 unspecified atom stereocenters. The minimum absolute atomic E-state index is 0.0159. The van der Waals surface area contributed by atoms with Gasteiger partial charge in [0.1, 0.15) is 28.7 Å². The van der Waals surface area contributed by atoms with Crippen LogP contribution in [-0.2, 0) is 32.1 Å². The van der Waals surface area contributed by atoms with E-state index in [1.165, 1.54) is 30.3 Å². The van der Waals surface area contributed by atoms with Crippen molar-refractivity contribution in [2.75, 3.05) is 0 Å². The van der Waals surface area contributed by atoms with Crippen LogP contribution in [0.4, 0.5) is 0 Å². The summed E-state index contributed by atoms with van der Waals surface area (Å²) in [6.07, 6.45) is 1.24. The Morgan fingerprint density at radius 2 is 0.797 bits per heavy atom. The zero-order valence-electron chi connectivity index (χ0n) is 41.9. The van der Waals surface area contributed by atoms with Gasteiger partial charge in [-0.15, -0.1) is 0 Å². The van der Waals surface area contributed by atoms with Crippen molar-refractivity contribution in [1.82, 2.24) is 0 Å². The fourth-order valence-corrected chi connectivity index (χ4v) is 10.0. The van der Waals surface area contributed by atoms with Gasteiger partial charge in [-0.25, -0.2) is 0 Å². The molecule has 394 valence electrons. The molecular weight excluding hydrogens is 1000 g/mol. The molecule has 0 radical (unpaired) electrons. The van der Waals surface area contributed by atoms with Crippen molar-refractivity contribution in [2.45, 2.75) is 32.1 Å². The van der Waals surface area contributed by atoms with Crippen LogP contribution >= 0.6 is 0 Å². The van der Waals surface area contributed by atoms with Gasteiger partial charge in [0.15, 0.2) is 57.5 Å². The second-order valence-corrected chi connectivity index (χ2v) is 19.5. The Kier molecular flexibility index (Phi) is 13.3. The van der Waals surface area contributed by atoms with Gasteiger partial charge in [0, 0.05) is 53.0 Å². The van der Waals surface area contributed by atoms with E-state index in [0.29, 0.717) is 84.7 Å². The SMILES string of the molecule is Oc1ccc(Cc2cc3ccc(Oc4cc(Cc5c(Cc6ccc(OOc7ccc(Cc8c(O)c(Cc9ccc(O)cc9)cc9ccc(O)c(O)c89)cc7)cc6)c(O)c(O)c6cc(O)ccc56)ccc4O)c(O)c3cc2O)cc1. The van der Waals surface area contributed by atoms with E-state index in [0.717, 1.165) is 22.3 Å². The second kappa shape index (κ2) is 20.8. The average molecular weight is 1060 g/mol. The van der Waals surface area contributed by atoms with Crippen LogP contribution < -0.4 is 14.5 Å². The van der Waals surface area contributed by atoms with E-state index in [2.05, 4.69) is 0 Å². The first-order chi connectivity index (χ1) is 38.1. The summed E-state index contributed by atoms with van der Waals surface area (Å²) in [5, 5.41) is 122. The zero-order chi connectivity index (χ0) is 55.1. The zero-order valence-corrected chi connectivity index (χ0v) is 41.9.